The molecule has 0 aromatic carbocycles. The standard InChI is InChI=1S/C10H21N3O/c1-10(5-3-2-4-6-10)13-7-8(11)9(12)14/h8,13H,2-7,11H2,1H3,(H2,12,14). The number of hydrogen-bond donors (Lipinski definition) is 3. The fourth-order valence-corrected chi connectivity index (χ4v) is 1.97. The largest absolute Gasteiger partial charge is 0.368 e. The molecule has 14 heavy (non-hydrogen) atoms. The van der Waals surface area contributed by atoms with Gasteiger partial charge in [-0.1, -0.05) is 19.3 Å². The SMILES string of the molecule is CC1(NCC(N)C(N)=O)CCCCC1. The maximum absolute atomic E-state index is 10.7. The maximum atomic E-state index is 10.7. The molecule has 82 valence electrons. The molecule has 1 fully saturated rings. The van der Waals surface area contributed by atoms with Crippen LogP contribution in [0.5, 0.6) is 0 Å². The van der Waals surface area contributed by atoms with Gasteiger partial charge >= 0.3 is 0 Å². The first-order valence-electron chi connectivity index (χ1n) is 5.33. The normalized spacial score (nSPS) is 23.0. The molecule has 0 aromatic rings. The third kappa shape index (κ3) is 3.27. The zero-order valence-electron chi connectivity index (χ0n) is 8.88. The molecule has 0 aromatic heterocycles. The molecule has 1 rings (SSSR count). The summed E-state index contributed by atoms with van der Waals surface area (Å²) in [6.07, 6.45) is 6.17. The monoisotopic (exact) mass is 199 g/mol. The zero-order valence-corrected chi connectivity index (χ0v) is 8.88. The number of nitrogens with one attached hydrogen (secondary N) is 1. The first kappa shape index (κ1) is 11.5. The molecule has 1 aliphatic rings. The Morgan fingerprint density at radius 3 is 2.50 bits per heavy atom. The van der Waals surface area contributed by atoms with E-state index in [0.29, 0.717) is 6.54 Å². The van der Waals surface area contributed by atoms with Crippen LogP contribution in [0, 0.1) is 0 Å². The molecule has 1 unspecified atom stereocenters. The maximum Gasteiger partial charge on any atom is 0.235 e. The van der Waals surface area contributed by atoms with Crippen molar-refractivity contribution >= 4 is 5.91 Å². The molecule has 0 aliphatic heterocycles. The van der Waals surface area contributed by atoms with Crippen LogP contribution in [0.25, 0.3) is 0 Å². The Kier molecular flexibility index (Phi) is 3.89. The molecule has 1 saturated carbocycles. The lowest BCUT2D eigenvalue weighted by Gasteiger charge is -2.35. The second-order valence-corrected chi connectivity index (χ2v) is 4.51. The fourth-order valence-electron chi connectivity index (χ4n) is 1.97. The molecular formula is C10H21N3O. The molecule has 0 saturated heterocycles. The van der Waals surface area contributed by atoms with Gasteiger partial charge in [-0.15, -0.1) is 0 Å². The highest BCUT2D eigenvalue weighted by molar-refractivity contribution is 5.79. The van der Waals surface area contributed by atoms with Crippen molar-refractivity contribution in [3.63, 3.8) is 0 Å². The van der Waals surface area contributed by atoms with Crippen LogP contribution in [0.2, 0.25) is 0 Å². The summed E-state index contributed by atoms with van der Waals surface area (Å²) < 4.78 is 0. The van der Waals surface area contributed by atoms with Gasteiger partial charge in [-0.05, 0) is 19.8 Å². The molecule has 4 heteroatoms. The third-order valence-electron chi connectivity index (χ3n) is 3.07. The molecule has 0 bridgehead atoms. The van der Waals surface area contributed by atoms with Gasteiger partial charge in [0.25, 0.3) is 0 Å². The Balaban J connectivity index is 2.31. The first-order chi connectivity index (χ1) is 6.53. The van der Waals surface area contributed by atoms with Crippen LogP contribution in [0.3, 0.4) is 0 Å². The first-order valence-corrected chi connectivity index (χ1v) is 5.33. The predicted molar refractivity (Wildman–Crippen MR) is 56.7 cm³/mol. The van der Waals surface area contributed by atoms with Gasteiger partial charge in [-0.2, -0.15) is 0 Å². The summed E-state index contributed by atoms with van der Waals surface area (Å²) in [5.41, 5.74) is 10.8. The number of nitrogens with two attached hydrogens (primary N) is 2. The van der Waals surface area contributed by atoms with Crippen LogP contribution in [-0.2, 0) is 4.79 Å². The van der Waals surface area contributed by atoms with E-state index in [4.69, 9.17) is 11.5 Å². The van der Waals surface area contributed by atoms with Crippen molar-refractivity contribution in [1.29, 1.82) is 0 Å². The second kappa shape index (κ2) is 4.75. The van der Waals surface area contributed by atoms with E-state index in [-0.39, 0.29) is 5.54 Å². The molecule has 0 spiro atoms. The number of amides is 1. The van der Waals surface area contributed by atoms with Crippen LogP contribution < -0.4 is 16.8 Å². The summed E-state index contributed by atoms with van der Waals surface area (Å²) in [5, 5.41) is 3.35. The summed E-state index contributed by atoms with van der Waals surface area (Å²) in [6, 6.07) is -0.561. The van der Waals surface area contributed by atoms with Crippen molar-refractivity contribution in [1.82, 2.24) is 5.32 Å². The smallest absolute Gasteiger partial charge is 0.235 e. The molecule has 0 heterocycles. The molecule has 4 nitrogen and oxygen atoms in total. The Labute approximate surface area is 85.4 Å². The van der Waals surface area contributed by atoms with Gasteiger partial charge in [-0.25, -0.2) is 0 Å². The summed E-state index contributed by atoms with van der Waals surface area (Å²) in [7, 11) is 0. The van der Waals surface area contributed by atoms with Crippen molar-refractivity contribution in [2.75, 3.05) is 6.54 Å². The molecule has 0 radical (unpaired) electrons. The summed E-state index contributed by atoms with van der Waals surface area (Å²) >= 11 is 0. The predicted octanol–water partition coefficient (Wildman–Crippen LogP) is 0.111. The topological polar surface area (TPSA) is 81.1 Å². The van der Waals surface area contributed by atoms with Crippen molar-refractivity contribution in [2.45, 2.75) is 50.6 Å². The van der Waals surface area contributed by atoms with E-state index in [2.05, 4.69) is 12.2 Å². The molecule has 1 atom stereocenters. The van der Waals surface area contributed by atoms with E-state index in [1.165, 1.54) is 32.1 Å². The summed E-state index contributed by atoms with van der Waals surface area (Å²) in [6.45, 7) is 2.69. The Morgan fingerprint density at radius 2 is 2.00 bits per heavy atom. The minimum Gasteiger partial charge on any atom is -0.368 e. The molecule has 1 aliphatic carbocycles. The molecule has 5 N–H and O–H groups in total. The van der Waals surface area contributed by atoms with Crippen molar-refractivity contribution in [3.05, 3.63) is 0 Å². The Bertz CT molecular complexity index is 200. The van der Waals surface area contributed by atoms with Crippen LogP contribution in [0.4, 0.5) is 0 Å². The zero-order chi connectivity index (χ0) is 10.6. The van der Waals surface area contributed by atoms with Crippen molar-refractivity contribution in [3.8, 4) is 0 Å². The number of hydrogen-bond acceptors (Lipinski definition) is 3. The Hall–Kier alpha value is -0.610. The van der Waals surface area contributed by atoms with Gasteiger partial charge in [0.2, 0.25) is 5.91 Å². The number of carbonyl (C=O) groups is 1. The van der Waals surface area contributed by atoms with E-state index in [9.17, 15) is 4.79 Å². The number of primary amides is 1. The molecule has 1 amide bonds. The lowest BCUT2D eigenvalue weighted by atomic mass is 9.83. The van der Waals surface area contributed by atoms with Crippen LogP contribution in [0.15, 0.2) is 0 Å². The van der Waals surface area contributed by atoms with Crippen LogP contribution in [-0.4, -0.2) is 24.0 Å². The fraction of sp³-hybridized carbons (Fsp3) is 0.900. The lowest BCUT2D eigenvalue weighted by Crippen LogP contribution is -2.52. The van der Waals surface area contributed by atoms with E-state index >= 15 is 0 Å². The average molecular weight is 199 g/mol. The Morgan fingerprint density at radius 1 is 1.43 bits per heavy atom. The second-order valence-electron chi connectivity index (χ2n) is 4.51. The van der Waals surface area contributed by atoms with Crippen molar-refractivity contribution < 1.29 is 4.79 Å². The van der Waals surface area contributed by atoms with Crippen LogP contribution in [0.1, 0.15) is 39.0 Å². The number of rotatable bonds is 4. The van der Waals surface area contributed by atoms with Crippen LogP contribution >= 0.6 is 0 Å². The van der Waals surface area contributed by atoms with E-state index < -0.39 is 11.9 Å². The van der Waals surface area contributed by atoms with Gasteiger partial charge in [0.1, 0.15) is 0 Å². The highest BCUT2D eigenvalue weighted by Gasteiger charge is 2.26. The average Bonchev–Trinajstić information content (AvgIpc) is 2.15. The van der Waals surface area contributed by atoms with E-state index in [1.54, 1.807) is 0 Å². The minimum absolute atomic E-state index is 0.158. The van der Waals surface area contributed by atoms with E-state index in [1.807, 2.05) is 0 Å². The number of carbonyl (C=O) groups excluding carboxylic acids is 1. The van der Waals surface area contributed by atoms with Gasteiger partial charge in [-0.3, -0.25) is 4.79 Å². The highest BCUT2D eigenvalue weighted by Crippen LogP contribution is 2.27. The quantitative estimate of drug-likeness (QED) is 0.601. The van der Waals surface area contributed by atoms with Gasteiger partial charge in [0, 0.05) is 12.1 Å². The summed E-state index contributed by atoms with van der Waals surface area (Å²) in [5.74, 6) is -0.433. The van der Waals surface area contributed by atoms with Gasteiger partial charge < -0.3 is 16.8 Å². The van der Waals surface area contributed by atoms with Gasteiger partial charge in [0.15, 0.2) is 0 Å². The van der Waals surface area contributed by atoms with Crippen molar-refractivity contribution in [2.24, 2.45) is 11.5 Å². The highest BCUT2D eigenvalue weighted by atomic mass is 16.1. The molecular weight excluding hydrogens is 178 g/mol. The minimum atomic E-state index is -0.561. The lowest BCUT2D eigenvalue weighted by molar-refractivity contribution is -0.119. The van der Waals surface area contributed by atoms with Gasteiger partial charge in [0.05, 0.1) is 6.04 Å². The third-order valence-corrected chi connectivity index (χ3v) is 3.07. The van der Waals surface area contributed by atoms with E-state index in [0.717, 1.165) is 0 Å². The summed E-state index contributed by atoms with van der Waals surface area (Å²) in [4.78, 5) is 10.7.